The highest BCUT2D eigenvalue weighted by molar-refractivity contribution is 5.87. The number of allylic oxidation sites excluding steroid dienone is 1. The van der Waals surface area contributed by atoms with Gasteiger partial charge in [-0.3, -0.25) is 0 Å². The van der Waals surface area contributed by atoms with Gasteiger partial charge in [0.25, 0.3) is 0 Å². The third kappa shape index (κ3) is 4.92. The van der Waals surface area contributed by atoms with Crippen LogP contribution in [0.3, 0.4) is 0 Å². The van der Waals surface area contributed by atoms with Gasteiger partial charge in [0.05, 0.1) is 13.2 Å². The maximum absolute atomic E-state index is 12.7. The largest absolute Gasteiger partial charge is 0.458 e. The molecule has 1 aliphatic heterocycles. The van der Waals surface area contributed by atoms with Crippen LogP contribution in [0.15, 0.2) is 91.2 Å². The smallest absolute Gasteiger partial charge is 0.373 e. The maximum atomic E-state index is 12.7. The summed E-state index contributed by atoms with van der Waals surface area (Å²) in [5.74, 6) is -0.413. The van der Waals surface area contributed by atoms with Crippen LogP contribution in [0.1, 0.15) is 40.2 Å². The fraction of sp³-hybridized carbons (Fsp3) is 0.233. The first-order valence-corrected chi connectivity index (χ1v) is 11.8. The van der Waals surface area contributed by atoms with Crippen LogP contribution in [0.25, 0.3) is 11.1 Å². The minimum absolute atomic E-state index is 0.000787. The summed E-state index contributed by atoms with van der Waals surface area (Å²) in [5.41, 5.74) is 8.10. The van der Waals surface area contributed by atoms with Gasteiger partial charge < -0.3 is 19.3 Å². The summed E-state index contributed by atoms with van der Waals surface area (Å²) in [5, 5.41) is 9.26. The van der Waals surface area contributed by atoms with Gasteiger partial charge in [0.2, 0.25) is 12.0 Å². The van der Waals surface area contributed by atoms with Crippen LogP contribution in [-0.2, 0) is 38.6 Å². The monoisotopic (exact) mass is 468 g/mol. The van der Waals surface area contributed by atoms with Crippen molar-refractivity contribution in [2.24, 2.45) is 0 Å². The van der Waals surface area contributed by atoms with Crippen molar-refractivity contribution in [3.8, 4) is 11.1 Å². The number of aliphatic hydroxyl groups excluding tert-OH is 1. The van der Waals surface area contributed by atoms with Crippen LogP contribution in [-0.4, -0.2) is 24.0 Å². The molecule has 3 aromatic rings. The van der Waals surface area contributed by atoms with Crippen molar-refractivity contribution in [3.05, 3.63) is 119 Å². The summed E-state index contributed by atoms with van der Waals surface area (Å²) in [6, 6.07) is 22.4. The van der Waals surface area contributed by atoms with E-state index in [1.807, 2.05) is 30.3 Å². The third-order valence-electron chi connectivity index (χ3n) is 6.52. The molecule has 35 heavy (non-hydrogen) atoms. The van der Waals surface area contributed by atoms with Crippen molar-refractivity contribution in [1.82, 2.24) is 0 Å². The Bertz CT molecular complexity index is 1260. The molecule has 0 radical (unpaired) electrons. The lowest BCUT2D eigenvalue weighted by atomic mass is 9.87. The van der Waals surface area contributed by atoms with E-state index in [4.69, 9.17) is 14.2 Å². The van der Waals surface area contributed by atoms with E-state index in [2.05, 4.69) is 49.0 Å². The maximum Gasteiger partial charge on any atom is 0.373 e. The molecule has 0 fully saturated rings. The molecule has 1 N–H and O–H groups in total. The molecule has 1 heterocycles. The Balaban J connectivity index is 1.41. The Morgan fingerprint density at radius 3 is 2.60 bits per heavy atom. The number of carbonyl (C=O) groups excluding carboxylic acids is 1. The molecule has 2 atom stereocenters. The van der Waals surface area contributed by atoms with Gasteiger partial charge in [-0.05, 0) is 51.4 Å². The minimum atomic E-state index is -0.603. The molecular formula is C30H28O5. The molecule has 3 aromatic carbocycles. The highest BCUT2D eigenvalue weighted by atomic mass is 16.7. The van der Waals surface area contributed by atoms with Gasteiger partial charge in [0.1, 0.15) is 6.61 Å². The highest BCUT2D eigenvalue weighted by Crippen LogP contribution is 2.43. The molecule has 0 saturated heterocycles. The normalized spacial score (nSPS) is 18.1. The summed E-state index contributed by atoms with van der Waals surface area (Å²) in [6.07, 6.45) is 4.24. The average Bonchev–Trinajstić information content (AvgIpc) is 3.29. The summed E-state index contributed by atoms with van der Waals surface area (Å²) in [4.78, 5) is 12.7. The van der Waals surface area contributed by atoms with E-state index >= 15 is 0 Å². The summed E-state index contributed by atoms with van der Waals surface area (Å²) >= 11 is 0. The molecule has 0 aromatic heterocycles. The molecule has 0 amide bonds. The predicted octanol–water partition coefficient (Wildman–Crippen LogP) is 5.41. The standard InChI is InChI=1S/C30H28O5/c1-2-14-33-30(32)28-16-23(17-29(35-28)34-19-21-12-10-20(18-31)11-13-21)25-8-5-9-26-24-7-4-3-6-22(24)15-27(25)26/h2-13,16,23,29,31H,1,14-15,17-19H2/t23-,29+/m0/s1. The number of esters is 1. The zero-order valence-electron chi connectivity index (χ0n) is 19.5. The van der Waals surface area contributed by atoms with Crippen LogP contribution in [0.2, 0.25) is 0 Å². The van der Waals surface area contributed by atoms with Crippen LogP contribution in [0.4, 0.5) is 0 Å². The molecule has 2 aliphatic rings. The van der Waals surface area contributed by atoms with Crippen LogP contribution in [0.5, 0.6) is 0 Å². The Labute approximate surface area is 205 Å². The van der Waals surface area contributed by atoms with Gasteiger partial charge >= 0.3 is 5.97 Å². The quantitative estimate of drug-likeness (QED) is 0.277. The first-order valence-electron chi connectivity index (χ1n) is 11.8. The van der Waals surface area contributed by atoms with Crippen LogP contribution < -0.4 is 0 Å². The number of hydrogen-bond acceptors (Lipinski definition) is 5. The first kappa shape index (κ1) is 23.1. The van der Waals surface area contributed by atoms with Crippen LogP contribution in [0, 0.1) is 0 Å². The van der Waals surface area contributed by atoms with Gasteiger partial charge in [0, 0.05) is 12.3 Å². The number of aliphatic hydroxyl groups is 1. The second-order valence-electron chi connectivity index (χ2n) is 8.80. The lowest BCUT2D eigenvalue weighted by molar-refractivity contribution is -0.163. The second-order valence-corrected chi connectivity index (χ2v) is 8.80. The van der Waals surface area contributed by atoms with E-state index in [1.54, 1.807) is 0 Å². The van der Waals surface area contributed by atoms with Crippen molar-refractivity contribution in [3.63, 3.8) is 0 Å². The molecule has 178 valence electrons. The molecule has 1 aliphatic carbocycles. The lowest BCUT2D eigenvalue weighted by Crippen LogP contribution is -2.28. The van der Waals surface area contributed by atoms with E-state index in [9.17, 15) is 9.90 Å². The summed E-state index contributed by atoms with van der Waals surface area (Å²) < 4.78 is 17.3. The van der Waals surface area contributed by atoms with Crippen LogP contribution >= 0.6 is 0 Å². The molecular weight excluding hydrogens is 440 g/mol. The summed E-state index contributed by atoms with van der Waals surface area (Å²) in [7, 11) is 0. The van der Waals surface area contributed by atoms with Crippen molar-refractivity contribution >= 4 is 5.97 Å². The summed E-state index contributed by atoms with van der Waals surface area (Å²) in [6.45, 7) is 4.06. The molecule has 0 bridgehead atoms. The number of hydrogen-bond donors (Lipinski definition) is 1. The van der Waals surface area contributed by atoms with Gasteiger partial charge in [-0.2, -0.15) is 0 Å². The molecule has 0 spiro atoms. The molecule has 5 nitrogen and oxygen atoms in total. The Hall–Kier alpha value is -3.67. The van der Waals surface area contributed by atoms with Crippen molar-refractivity contribution in [2.75, 3.05) is 6.61 Å². The average molecular weight is 469 g/mol. The predicted molar refractivity (Wildman–Crippen MR) is 133 cm³/mol. The van der Waals surface area contributed by atoms with Gasteiger partial charge in [0.15, 0.2) is 0 Å². The number of rotatable bonds is 8. The fourth-order valence-electron chi connectivity index (χ4n) is 4.79. The Kier molecular flexibility index (Phi) is 6.80. The van der Waals surface area contributed by atoms with Crippen molar-refractivity contribution in [2.45, 2.75) is 38.3 Å². The van der Waals surface area contributed by atoms with E-state index < -0.39 is 12.3 Å². The highest BCUT2D eigenvalue weighted by Gasteiger charge is 2.32. The number of carbonyl (C=O) groups is 1. The lowest BCUT2D eigenvalue weighted by Gasteiger charge is -2.30. The molecule has 0 saturated carbocycles. The zero-order chi connectivity index (χ0) is 24.2. The van der Waals surface area contributed by atoms with E-state index in [-0.39, 0.29) is 24.9 Å². The van der Waals surface area contributed by atoms with Gasteiger partial charge in [-0.25, -0.2) is 4.79 Å². The number of fused-ring (bicyclic) bond motifs is 3. The number of ether oxygens (including phenoxy) is 3. The SMILES string of the molecule is C=CCOC(=O)C1=C[C@H](c2cccc3c2Cc2ccccc2-3)C[C@H](OCc2ccc(CO)cc2)O1. The Morgan fingerprint density at radius 2 is 1.80 bits per heavy atom. The molecule has 0 unspecified atom stereocenters. The Morgan fingerprint density at radius 1 is 1.03 bits per heavy atom. The zero-order valence-corrected chi connectivity index (χ0v) is 19.5. The molecule has 5 heteroatoms. The van der Waals surface area contributed by atoms with Crippen molar-refractivity contribution in [1.29, 1.82) is 0 Å². The minimum Gasteiger partial charge on any atom is -0.458 e. The fourth-order valence-corrected chi connectivity index (χ4v) is 4.79. The third-order valence-corrected chi connectivity index (χ3v) is 6.52. The first-order chi connectivity index (χ1) is 17.2. The topological polar surface area (TPSA) is 65.0 Å². The van der Waals surface area contributed by atoms with E-state index in [0.717, 1.165) is 17.5 Å². The van der Waals surface area contributed by atoms with Gasteiger partial charge in [-0.1, -0.05) is 79.4 Å². The van der Waals surface area contributed by atoms with E-state index in [0.29, 0.717) is 13.0 Å². The second kappa shape index (κ2) is 10.3. The molecule has 5 rings (SSSR count). The number of benzene rings is 3. The van der Waals surface area contributed by atoms with E-state index in [1.165, 1.54) is 33.9 Å². The van der Waals surface area contributed by atoms with Crippen molar-refractivity contribution < 1.29 is 24.1 Å². The van der Waals surface area contributed by atoms with Gasteiger partial charge in [-0.15, -0.1) is 0 Å².